The lowest BCUT2D eigenvalue weighted by Gasteiger charge is -2.31. The quantitative estimate of drug-likeness (QED) is 0.673. The zero-order chi connectivity index (χ0) is 17.4. The van der Waals surface area contributed by atoms with Crippen molar-refractivity contribution in [1.29, 1.82) is 0 Å². The third kappa shape index (κ3) is 3.17. The topological polar surface area (TPSA) is 48.7 Å². The van der Waals surface area contributed by atoms with E-state index in [9.17, 15) is 4.79 Å². The van der Waals surface area contributed by atoms with E-state index in [0.717, 1.165) is 28.7 Å². The van der Waals surface area contributed by atoms with E-state index < -0.39 is 5.60 Å². The molecule has 0 saturated carbocycles. The summed E-state index contributed by atoms with van der Waals surface area (Å²) in [6.45, 7) is 4.64. The van der Waals surface area contributed by atoms with Crippen LogP contribution in [-0.2, 0) is 17.8 Å². The maximum atomic E-state index is 11.4. The summed E-state index contributed by atoms with van der Waals surface area (Å²) in [5.41, 5.74) is 2.01. The molecule has 0 N–H and O–H groups in total. The summed E-state index contributed by atoms with van der Waals surface area (Å²) in [7, 11) is 0. The van der Waals surface area contributed by atoms with Crippen molar-refractivity contribution in [1.82, 2.24) is 0 Å². The molecule has 1 atom stereocenters. The number of fused-ring (bicyclic) bond motifs is 2. The van der Waals surface area contributed by atoms with Crippen LogP contribution < -0.4 is 10.4 Å². The van der Waals surface area contributed by atoms with Gasteiger partial charge in [-0.1, -0.05) is 30.3 Å². The molecule has 0 spiro atoms. The van der Waals surface area contributed by atoms with Gasteiger partial charge in [-0.15, -0.1) is 0 Å². The first-order valence-electron chi connectivity index (χ1n) is 8.43. The average Bonchev–Trinajstić information content (AvgIpc) is 3.03. The van der Waals surface area contributed by atoms with Gasteiger partial charge >= 0.3 is 5.63 Å². The van der Waals surface area contributed by atoms with Gasteiger partial charge in [0.1, 0.15) is 23.0 Å². The number of benzene rings is 2. The number of ether oxygens (including phenoxy) is 2. The van der Waals surface area contributed by atoms with Crippen molar-refractivity contribution < 1.29 is 13.9 Å². The Bertz CT molecular complexity index is 957. The normalized spacial score (nSPS) is 16.6. The molecule has 1 aromatic heterocycles. The lowest BCUT2D eigenvalue weighted by molar-refractivity contribution is -0.0921. The molecule has 0 fully saturated rings. The molecule has 4 heteroatoms. The predicted molar refractivity (Wildman–Crippen MR) is 95.9 cm³/mol. The number of rotatable bonds is 4. The third-order valence-electron chi connectivity index (χ3n) is 4.71. The molecule has 0 saturated heterocycles. The predicted octanol–water partition coefficient (Wildman–Crippen LogP) is 4.09. The summed E-state index contributed by atoms with van der Waals surface area (Å²) in [6, 6.07) is 17.2. The first-order valence-corrected chi connectivity index (χ1v) is 8.43. The van der Waals surface area contributed by atoms with Crippen LogP contribution in [0.15, 0.2) is 63.8 Å². The van der Waals surface area contributed by atoms with Crippen LogP contribution in [0, 0.1) is 0 Å². The van der Waals surface area contributed by atoms with Crippen LogP contribution in [0.1, 0.15) is 25.0 Å². The monoisotopic (exact) mass is 336 g/mol. The molecule has 4 nitrogen and oxygen atoms in total. The Morgan fingerprint density at radius 3 is 2.72 bits per heavy atom. The van der Waals surface area contributed by atoms with Crippen molar-refractivity contribution in [2.24, 2.45) is 0 Å². The number of hydrogen-bond acceptors (Lipinski definition) is 4. The molecule has 25 heavy (non-hydrogen) atoms. The molecule has 2 aromatic carbocycles. The van der Waals surface area contributed by atoms with Crippen LogP contribution in [0.3, 0.4) is 0 Å². The van der Waals surface area contributed by atoms with Crippen molar-refractivity contribution in [3.8, 4) is 5.75 Å². The fraction of sp³-hybridized carbons (Fsp3) is 0.286. The minimum atomic E-state index is -0.443. The average molecular weight is 336 g/mol. The molecule has 128 valence electrons. The molecule has 4 rings (SSSR count). The standard InChI is InChI=1S/C21H20O4/c1-21(2,23-13-14-6-4-3-5-7-14)19-11-16-10-15-8-9-20(22)25-17(15)12-18(16)24-19/h3-10,12,19H,11,13H2,1-2H3/t19-/m1/s1. The molecular weight excluding hydrogens is 316 g/mol. The van der Waals surface area contributed by atoms with Crippen molar-refractivity contribution in [2.45, 2.75) is 38.6 Å². The lowest BCUT2D eigenvalue weighted by Crippen LogP contribution is -2.42. The van der Waals surface area contributed by atoms with Gasteiger partial charge in [0.05, 0.1) is 6.61 Å². The first-order chi connectivity index (χ1) is 12.0. The molecule has 0 amide bonds. The summed E-state index contributed by atoms with van der Waals surface area (Å²) in [5, 5.41) is 0.908. The fourth-order valence-corrected chi connectivity index (χ4v) is 3.13. The van der Waals surface area contributed by atoms with Gasteiger partial charge in [0.15, 0.2) is 0 Å². The molecule has 0 aliphatic carbocycles. The van der Waals surface area contributed by atoms with Gasteiger partial charge in [-0.05, 0) is 37.1 Å². The van der Waals surface area contributed by atoms with E-state index >= 15 is 0 Å². The van der Waals surface area contributed by atoms with Gasteiger partial charge in [0.2, 0.25) is 0 Å². The van der Waals surface area contributed by atoms with Gasteiger partial charge < -0.3 is 13.9 Å². The minimum absolute atomic E-state index is 0.0882. The molecule has 0 radical (unpaired) electrons. The Hall–Kier alpha value is -2.59. The van der Waals surface area contributed by atoms with Crippen molar-refractivity contribution in [3.05, 3.63) is 76.1 Å². The van der Waals surface area contributed by atoms with Crippen molar-refractivity contribution in [3.63, 3.8) is 0 Å². The van der Waals surface area contributed by atoms with Crippen molar-refractivity contribution >= 4 is 11.0 Å². The van der Waals surface area contributed by atoms with E-state index in [2.05, 4.69) is 12.1 Å². The van der Waals surface area contributed by atoms with E-state index in [-0.39, 0.29) is 11.7 Å². The Labute approximate surface area is 146 Å². The van der Waals surface area contributed by atoms with Crippen LogP contribution in [0.25, 0.3) is 11.0 Å². The van der Waals surface area contributed by atoms with E-state index in [4.69, 9.17) is 13.9 Å². The highest BCUT2D eigenvalue weighted by Gasteiger charge is 2.37. The molecule has 1 aliphatic heterocycles. The van der Waals surface area contributed by atoms with Crippen LogP contribution in [0.4, 0.5) is 0 Å². The highest BCUT2D eigenvalue weighted by atomic mass is 16.6. The first kappa shape index (κ1) is 15.9. The Balaban J connectivity index is 1.53. The molecule has 3 aromatic rings. The summed E-state index contributed by atoms with van der Waals surface area (Å²) in [6.07, 6.45) is 0.682. The summed E-state index contributed by atoms with van der Waals surface area (Å²) in [5.74, 6) is 0.767. The summed E-state index contributed by atoms with van der Waals surface area (Å²) in [4.78, 5) is 11.4. The highest BCUT2D eigenvalue weighted by Crippen LogP contribution is 2.37. The van der Waals surface area contributed by atoms with Gasteiger partial charge in [-0.2, -0.15) is 0 Å². The van der Waals surface area contributed by atoms with Crippen LogP contribution in [0.2, 0.25) is 0 Å². The smallest absolute Gasteiger partial charge is 0.336 e. The number of hydrogen-bond donors (Lipinski definition) is 0. The maximum absolute atomic E-state index is 11.4. The van der Waals surface area contributed by atoms with Gasteiger partial charge in [-0.25, -0.2) is 4.79 Å². The zero-order valence-electron chi connectivity index (χ0n) is 14.3. The molecular formula is C21H20O4. The Morgan fingerprint density at radius 1 is 1.12 bits per heavy atom. The zero-order valence-corrected chi connectivity index (χ0v) is 14.3. The second kappa shape index (κ2) is 6.05. The summed E-state index contributed by atoms with van der Waals surface area (Å²) >= 11 is 0. The van der Waals surface area contributed by atoms with Crippen LogP contribution >= 0.6 is 0 Å². The Morgan fingerprint density at radius 2 is 1.92 bits per heavy atom. The second-order valence-corrected chi connectivity index (χ2v) is 6.94. The molecule has 1 aliphatic rings. The van der Waals surface area contributed by atoms with E-state index in [1.807, 2.05) is 38.1 Å². The van der Waals surface area contributed by atoms with E-state index in [0.29, 0.717) is 12.2 Å². The van der Waals surface area contributed by atoms with Crippen molar-refractivity contribution in [2.75, 3.05) is 0 Å². The maximum Gasteiger partial charge on any atom is 0.336 e. The SMILES string of the molecule is CC(C)(OCc1ccccc1)[C@H]1Cc2cc3ccc(=O)oc3cc2O1. The molecule has 2 heterocycles. The Kier molecular flexibility index (Phi) is 3.85. The van der Waals surface area contributed by atoms with Crippen LogP contribution in [-0.4, -0.2) is 11.7 Å². The largest absolute Gasteiger partial charge is 0.487 e. The van der Waals surface area contributed by atoms with E-state index in [1.165, 1.54) is 6.07 Å². The highest BCUT2D eigenvalue weighted by molar-refractivity contribution is 5.79. The lowest BCUT2D eigenvalue weighted by atomic mass is 9.96. The van der Waals surface area contributed by atoms with Gasteiger partial charge in [0.25, 0.3) is 0 Å². The molecule has 0 bridgehead atoms. The van der Waals surface area contributed by atoms with Crippen LogP contribution in [0.5, 0.6) is 5.75 Å². The van der Waals surface area contributed by atoms with E-state index in [1.54, 1.807) is 12.1 Å². The fourth-order valence-electron chi connectivity index (χ4n) is 3.13. The minimum Gasteiger partial charge on any atom is -0.487 e. The van der Waals surface area contributed by atoms with Gasteiger partial charge in [-0.3, -0.25) is 0 Å². The second-order valence-electron chi connectivity index (χ2n) is 6.94. The third-order valence-corrected chi connectivity index (χ3v) is 4.71. The molecule has 0 unspecified atom stereocenters. The van der Waals surface area contributed by atoms with Gasteiger partial charge in [0, 0.05) is 23.9 Å². The summed E-state index contributed by atoms with van der Waals surface area (Å²) < 4.78 is 17.5.